The lowest BCUT2D eigenvalue weighted by atomic mass is 10.2. The van der Waals surface area contributed by atoms with Crippen LogP contribution in [0.4, 0.5) is 0 Å². The van der Waals surface area contributed by atoms with Crippen LogP contribution in [-0.2, 0) is 0 Å². The Hall–Kier alpha value is -0.340. The maximum absolute atomic E-state index is 2.45. The molecule has 1 aliphatic rings. The van der Waals surface area contributed by atoms with Crippen LogP contribution in [0.25, 0.3) is 0 Å². The fourth-order valence-electron chi connectivity index (χ4n) is 1.54. The number of quaternary nitrogens is 1. The van der Waals surface area contributed by atoms with Crippen molar-refractivity contribution in [3.05, 3.63) is 22.4 Å². The first-order valence-electron chi connectivity index (χ1n) is 3.83. The van der Waals surface area contributed by atoms with Gasteiger partial charge in [0.05, 0.1) is 11.4 Å². The van der Waals surface area contributed by atoms with Crippen LogP contribution in [0.15, 0.2) is 17.5 Å². The molecule has 54 valence electrons. The van der Waals surface area contributed by atoms with Gasteiger partial charge in [-0.2, -0.15) is 0 Å². The molecule has 1 aromatic heterocycles. The van der Waals surface area contributed by atoms with Crippen LogP contribution < -0.4 is 5.32 Å². The lowest BCUT2D eigenvalue weighted by Crippen LogP contribution is -2.81. The van der Waals surface area contributed by atoms with E-state index in [-0.39, 0.29) is 0 Å². The molecular weight excluding hydrogens is 142 g/mol. The van der Waals surface area contributed by atoms with Crippen molar-refractivity contribution >= 4 is 11.3 Å². The fourth-order valence-corrected chi connectivity index (χ4v) is 2.40. The van der Waals surface area contributed by atoms with E-state index in [2.05, 4.69) is 22.8 Å². The van der Waals surface area contributed by atoms with E-state index in [1.54, 1.807) is 4.88 Å². The standard InChI is InChI=1S/C8H11NS/c1-3-7(9-5-1)8-4-2-6-10-8/h2,4,6-7,9H,1,3,5H2/p+1/t7-/m0/s1. The fraction of sp³-hybridized carbons (Fsp3) is 0.500. The van der Waals surface area contributed by atoms with E-state index in [1.807, 2.05) is 11.3 Å². The van der Waals surface area contributed by atoms with Gasteiger partial charge in [0.2, 0.25) is 0 Å². The first kappa shape index (κ1) is 6.38. The SMILES string of the molecule is c1csc([C@@H]2CCC[NH2+]2)c1. The van der Waals surface area contributed by atoms with Crippen molar-refractivity contribution in [2.24, 2.45) is 0 Å². The van der Waals surface area contributed by atoms with Crippen molar-refractivity contribution in [3.63, 3.8) is 0 Å². The minimum absolute atomic E-state index is 0.792. The number of hydrogen-bond donors (Lipinski definition) is 1. The Bertz CT molecular complexity index is 187. The zero-order valence-electron chi connectivity index (χ0n) is 5.92. The van der Waals surface area contributed by atoms with Gasteiger partial charge in [0.15, 0.2) is 0 Å². The quantitative estimate of drug-likeness (QED) is 0.625. The van der Waals surface area contributed by atoms with Gasteiger partial charge in [-0.15, -0.1) is 11.3 Å². The molecule has 1 aromatic rings. The van der Waals surface area contributed by atoms with Crippen molar-refractivity contribution in [2.75, 3.05) is 6.54 Å². The molecule has 2 heterocycles. The summed E-state index contributed by atoms with van der Waals surface area (Å²) in [6, 6.07) is 5.18. The highest BCUT2D eigenvalue weighted by Crippen LogP contribution is 2.21. The molecule has 2 heteroatoms. The van der Waals surface area contributed by atoms with Crippen LogP contribution in [-0.4, -0.2) is 6.54 Å². The Morgan fingerprint density at radius 2 is 2.60 bits per heavy atom. The molecule has 0 unspecified atom stereocenters. The Morgan fingerprint density at radius 1 is 1.60 bits per heavy atom. The summed E-state index contributed by atoms with van der Waals surface area (Å²) in [5.41, 5.74) is 0. The second-order valence-corrected chi connectivity index (χ2v) is 3.77. The molecule has 0 saturated carbocycles. The highest BCUT2D eigenvalue weighted by Gasteiger charge is 2.20. The topological polar surface area (TPSA) is 16.6 Å². The molecule has 0 radical (unpaired) electrons. The Labute approximate surface area is 65.1 Å². The van der Waals surface area contributed by atoms with Crippen LogP contribution in [0, 0.1) is 0 Å². The number of nitrogens with two attached hydrogens (primary N) is 1. The number of hydrogen-bond acceptors (Lipinski definition) is 1. The summed E-state index contributed by atoms with van der Waals surface area (Å²) in [5.74, 6) is 0. The largest absolute Gasteiger partial charge is 0.339 e. The van der Waals surface area contributed by atoms with Crippen LogP contribution in [0.3, 0.4) is 0 Å². The first-order chi connectivity index (χ1) is 4.97. The Morgan fingerprint density at radius 3 is 3.20 bits per heavy atom. The molecule has 0 amide bonds. The van der Waals surface area contributed by atoms with Crippen LogP contribution in [0.2, 0.25) is 0 Å². The van der Waals surface area contributed by atoms with E-state index in [0.29, 0.717) is 0 Å². The highest BCUT2D eigenvalue weighted by atomic mass is 32.1. The summed E-state index contributed by atoms with van der Waals surface area (Å²) in [5, 5.41) is 4.62. The monoisotopic (exact) mass is 154 g/mol. The summed E-state index contributed by atoms with van der Waals surface area (Å²) < 4.78 is 0. The van der Waals surface area contributed by atoms with Gasteiger partial charge in [-0.05, 0) is 11.4 Å². The maximum atomic E-state index is 2.45. The van der Waals surface area contributed by atoms with Gasteiger partial charge in [0, 0.05) is 12.8 Å². The predicted molar refractivity (Wildman–Crippen MR) is 43.1 cm³/mol. The predicted octanol–water partition coefficient (Wildman–Crippen LogP) is 1.15. The minimum atomic E-state index is 0.792. The molecule has 1 nitrogen and oxygen atoms in total. The Balaban J connectivity index is 2.12. The zero-order chi connectivity index (χ0) is 6.81. The maximum Gasteiger partial charge on any atom is 0.121 e. The summed E-state index contributed by atoms with van der Waals surface area (Å²) >= 11 is 1.89. The molecule has 0 bridgehead atoms. The van der Waals surface area contributed by atoms with E-state index in [9.17, 15) is 0 Å². The van der Waals surface area contributed by atoms with Gasteiger partial charge >= 0.3 is 0 Å². The van der Waals surface area contributed by atoms with Crippen molar-refractivity contribution in [3.8, 4) is 0 Å². The van der Waals surface area contributed by atoms with Crippen LogP contribution in [0.5, 0.6) is 0 Å². The number of rotatable bonds is 1. The molecule has 1 atom stereocenters. The smallest absolute Gasteiger partial charge is 0.121 e. The lowest BCUT2D eigenvalue weighted by molar-refractivity contribution is -0.675. The van der Waals surface area contributed by atoms with E-state index in [1.165, 1.54) is 19.4 Å². The molecule has 1 fully saturated rings. The third kappa shape index (κ3) is 1.09. The van der Waals surface area contributed by atoms with Crippen molar-refractivity contribution in [1.29, 1.82) is 0 Å². The zero-order valence-corrected chi connectivity index (χ0v) is 6.73. The van der Waals surface area contributed by atoms with E-state index < -0.39 is 0 Å². The molecular formula is C8H12NS+. The molecule has 0 aromatic carbocycles. The average molecular weight is 154 g/mol. The van der Waals surface area contributed by atoms with Gasteiger partial charge in [-0.1, -0.05) is 6.07 Å². The van der Waals surface area contributed by atoms with Gasteiger partial charge in [-0.25, -0.2) is 0 Å². The number of thiophene rings is 1. The summed E-state index contributed by atoms with van der Waals surface area (Å²) in [6.07, 6.45) is 2.77. The molecule has 0 spiro atoms. The van der Waals surface area contributed by atoms with Crippen LogP contribution >= 0.6 is 11.3 Å². The molecule has 10 heavy (non-hydrogen) atoms. The molecule has 0 aliphatic carbocycles. The Kier molecular flexibility index (Phi) is 1.74. The highest BCUT2D eigenvalue weighted by molar-refractivity contribution is 7.10. The summed E-state index contributed by atoms with van der Waals surface area (Å²) in [4.78, 5) is 1.55. The molecule has 2 N–H and O–H groups in total. The van der Waals surface area contributed by atoms with E-state index >= 15 is 0 Å². The van der Waals surface area contributed by atoms with Crippen molar-refractivity contribution in [2.45, 2.75) is 18.9 Å². The van der Waals surface area contributed by atoms with E-state index in [0.717, 1.165) is 6.04 Å². The van der Waals surface area contributed by atoms with Gasteiger partial charge in [0.25, 0.3) is 0 Å². The summed E-state index contributed by atoms with van der Waals surface area (Å²) in [7, 11) is 0. The van der Waals surface area contributed by atoms with Gasteiger partial charge < -0.3 is 5.32 Å². The van der Waals surface area contributed by atoms with Crippen molar-refractivity contribution < 1.29 is 5.32 Å². The second kappa shape index (κ2) is 2.72. The van der Waals surface area contributed by atoms with Gasteiger partial charge in [0.1, 0.15) is 6.04 Å². The first-order valence-corrected chi connectivity index (χ1v) is 4.71. The average Bonchev–Trinajstić information content (AvgIpc) is 2.59. The molecule has 2 rings (SSSR count). The van der Waals surface area contributed by atoms with E-state index in [4.69, 9.17) is 0 Å². The van der Waals surface area contributed by atoms with Gasteiger partial charge in [-0.3, -0.25) is 0 Å². The molecule has 1 saturated heterocycles. The van der Waals surface area contributed by atoms with Crippen LogP contribution in [0.1, 0.15) is 23.8 Å². The minimum Gasteiger partial charge on any atom is -0.339 e. The van der Waals surface area contributed by atoms with Crippen molar-refractivity contribution in [1.82, 2.24) is 0 Å². The normalized spacial score (nSPS) is 25.4. The third-order valence-corrected chi connectivity index (χ3v) is 3.08. The second-order valence-electron chi connectivity index (χ2n) is 2.79. The lowest BCUT2D eigenvalue weighted by Gasteiger charge is -2.01. The summed E-state index contributed by atoms with van der Waals surface area (Å²) in [6.45, 7) is 1.32. The third-order valence-electron chi connectivity index (χ3n) is 2.08. The molecule has 1 aliphatic heterocycles.